The molecule has 1 aliphatic rings. The van der Waals surface area contributed by atoms with Gasteiger partial charge in [-0.2, -0.15) is 0 Å². The Morgan fingerprint density at radius 3 is 3.12 bits per heavy atom. The van der Waals surface area contributed by atoms with Gasteiger partial charge in [-0.1, -0.05) is 0 Å². The van der Waals surface area contributed by atoms with E-state index in [1.165, 1.54) is 12.8 Å². The molecule has 0 saturated carbocycles. The van der Waals surface area contributed by atoms with Crippen LogP contribution in [0.2, 0.25) is 0 Å². The summed E-state index contributed by atoms with van der Waals surface area (Å²) in [6, 6.07) is 0.523. The number of thioether (sulfide) groups is 1. The zero-order valence-corrected chi connectivity index (χ0v) is 10.3. The summed E-state index contributed by atoms with van der Waals surface area (Å²) < 4.78 is 5.67. The first-order valence-electron chi connectivity index (χ1n) is 5.55. The normalized spacial score (nSPS) is 20.2. The van der Waals surface area contributed by atoms with Crippen molar-refractivity contribution in [1.82, 2.24) is 15.3 Å². The van der Waals surface area contributed by atoms with Gasteiger partial charge in [0.05, 0.1) is 18.9 Å². The summed E-state index contributed by atoms with van der Waals surface area (Å²) in [4.78, 5) is 8.54. The zero-order chi connectivity index (χ0) is 11.2. The van der Waals surface area contributed by atoms with Gasteiger partial charge in [0, 0.05) is 18.4 Å². The van der Waals surface area contributed by atoms with E-state index in [2.05, 4.69) is 15.3 Å². The van der Waals surface area contributed by atoms with E-state index in [-0.39, 0.29) is 0 Å². The van der Waals surface area contributed by atoms with E-state index in [0.29, 0.717) is 12.6 Å². The van der Waals surface area contributed by atoms with Crippen molar-refractivity contribution < 1.29 is 4.74 Å². The average Bonchev–Trinajstić information content (AvgIpc) is 2.83. The number of aromatic nitrogens is 2. The fourth-order valence-electron chi connectivity index (χ4n) is 1.82. The van der Waals surface area contributed by atoms with Crippen LogP contribution >= 0.6 is 11.8 Å². The Morgan fingerprint density at radius 1 is 1.50 bits per heavy atom. The van der Waals surface area contributed by atoms with Crippen molar-refractivity contribution in [2.75, 3.05) is 19.4 Å². The Kier molecular flexibility index (Phi) is 4.56. The van der Waals surface area contributed by atoms with E-state index in [1.54, 1.807) is 24.2 Å². The van der Waals surface area contributed by atoms with Crippen molar-refractivity contribution in [3.05, 3.63) is 18.1 Å². The first-order chi connectivity index (χ1) is 7.90. The second kappa shape index (κ2) is 6.18. The Balaban J connectivity index is 1.79. The average molecular weight is 239 g/mol. The van der Waals surface area contributed by atoms with Gasteiger partial charge < -0.3 is 10.1 Å². The van der Waals surface area contributed by atoms with Gasteiger partial charge in [-0.25, -0.2) is 4.98 Å². The molecule has 0 unspecified atom stereocenters. The first-order valence-corrected chi connectivity index (χ1v) is 6.77. The molecule has 2 rings (SSSR count). The van der Waals surface area contributed by atoms with E-state index in [0.717, 1.165) is 23.9 Å². The van der Waals surface area contributed by atoms with Gasteiger partial charge in [-0.15, -0.1) is 11.8 Å². The number of hydrogen-bond donors (Lipinski definition) is 1. The third kappa shape index (κ3) is 3.17. The molecule has 0 radical (unpaired) electrons. The highest BCUT2D eigenvalue weighted by atomic mass is 32.2. The Labute approximate surface area is 100 Å². The molecule has 2 heterocycles. The minimum absolute atomic E-state index is 0.523. The van der Waals surface area contributed by atoms with Crippen molar-refractivity contribution in [1.29, 1.82) is 0 Å². The molecule has 4 nitrogen and oxygen atoms in total. The predicted molar refractivity (Wildman–Crippen MR) is 64.5 cm³/mol. The van der Waals surface area contributed by atoms with Crippen LogP contribution in [0.4, 0.5) is 0 Å². The van der Waals surface area contributed by atoms with Crippen LogP contribution in [-0.4, -0.2) is 35.4 Å². The van der Waals surface area contributed by atoms with Crippen molar-refractivity contribution in [3.63, 3.8) is 0 Å². The molecular weight excluding hydrogens is 222 g/mol. The Morgan fingerprint density at radius 2 is 2.38 bits per heavy atom. The van der Waals surface area contributed by atoms with Crippen LogP contribution < -0.4 is 5.32 Å². The highest BCUT2D eigenvalue weighted by Crippen LogP contribution is 2.15. The minimum atomic E-state index is 0.523. The Bertz CT molecular complexity index is 329. The number of nitrogens with one attached hydrogen (secondary N) is 1. The smallest absolute Gasteiger partial charge is 0.120 e. The molecule has 1 saturated heterocycles. The van der Waals surface area contributed by atoms with Crippen LogP contribution in [0.5, 0.6) is 0 Å². The monoisotopic (exact) mass is 239 g/mol. The highest BCUT2D eigenvalue weighted by molar-refractivity contribution is 7.98. The molecule has 5 heteroatoms. The van der Waals surface area contributed by atoms with Crippen molar-refractivity contribution >= 4 is 11.8 Å². The molecule has 0 aromatic carbocycles. The summed E-state index contributed by atoms with van der Waals surface area (Å²) in [6.07, 6.45) is 7.91. The minimum Gasteiger partial charge on any atom is -0.373 e. The topological polar surface area (TPSA) is 47.0 Å². The summed E-state index contributed by atoms with van der Waals surface area (Å²) >= 11 is 1.61. The van der Waals surface area contributed by atoms with Crippen molar-refractivity contribution in [2.24, 2.45) is 0 Å². The summed E-state index contributed by atoms with van der Waals surface area (Å²) in [6.45, 7) is 2.45. The van der Waals surface area contributed by atoms with Gasteiger partial charge in [0.15, 0.2) is 0 Å². The molecule has 88 valence electrons. The molecule has 1 aliphatic heterocycles. The number of rotatable bonds is 5. The summed E-state index contributed by atoms with van der Waals surface area (Å²) in [5, 5.41) is 4.37. The van der Waals surface area contributed by atoms with Gasteiger partial charge in [0.1, 0.15) is 5.03 Å². The maximum absolute atomic E-state index is 5.67. The van der Waals surface area contributed by atoms with Crippen LogP contribution in [-0.2, 0) is 11.3 Å². The maximum Gasteiger partial charge on any atom is 0.120 e. The van der Waals surface area contributed by atoms with Crippen LogP contribution in [0.25, 0.3) is 0 Å². The molecule has 1 aromatic heterocycles. The molecule has 1 aromatic rings. The van der Waals surface area contributed by atoms with Gasteiger partial charge in [-0.05, 0) is 25.6 Å². The van der Waals surface area contributed by atoms with Gasteiger partial charge >= 0.3 is 0 Å². The third-order valence-electron chi connectivity index (χ3n) is 2.65. The molecule has 0 aliphatic carbocycles. The molecule has 1 fully saturated rings. The fraction of sp³-hybridized carbons (Fsp3) is 0.636. The molecule has 16 heavy (non-hydrogen) atoms. The molecule has 1 N–H and O–H groups in total. The largest absolute Gasteiger partial charge is 0.373 e. The van der Waals surface area contributed by atoms with Crippen LogP contribution in [0.1, 0.15) is 18.5 Å². The fourth-order valence-corrected chi connectivity index (χ4v) is 2.33. The summed E-state index contributed by atoms with van der Waals surface area (Å²) in [5.41, 5.74) is 0.938. The standard InChI is InChI=1S/C11H17N3OS/c1-16-11-10(13-5-6-14-11)8-15-7-9-3-2-4-12-9/h5-6,9,12H,2-4,7-8H2,1H3/t9-/m1/s1. The summed E-state index contributed by atoms with van der Waals surface area (Å²) in [5.74, 6) is 0. The number of ether oxygens (including phenoxy) is 1. The molecular formula is C11H17N3OS. The first kappa shape index (κ1) is 11.8. The van der Waals surface area contributed by atoms with Gasteiger partial charge in [-0.3, -0.25) is 4.98 Å². The predicted octanol–water partition coefficient (Wildman–Crippen LogP) is 1.47. The van der Waals surface area contributed by atoms with Crippen molar-refractivity contribution in [3.8, 4) is 0 Å². The molecule has 0 amide bonds. The van der Waals surface area contributed by atoms with E-state index in [9.17, 15) is 0 Å². The number of nitrogens with zero attached hydrogens (tertiary/aromatic N) is 2. The molecule has 1 atom stereocenters. The lowest BCUT2D eigenvalue weighted by molar-refractivity contribution is 0.0990. The van der Waals surface area contributed by atoms with Crippen LogP contribution in [0, 0.1) is 0 Å². The van der Waals surface area contributed by atoms with Gasteiger partial charge in [0.25, 0.3) is 0 Å². The highest BCUT2D eigenvalue weighted by Gasteiger charge is 2.14. The maximum atomic E-state index is 5.67. The summed E-state index contributed by atoms with van der Waals surface area (Å²) in [7, 11) is 0. The van der Waals surface area contributed by atoms with E-state index in [4.69, 9.17) is 4.74 Å². The lowest BCUT2D eigenvalue weighted by Crippen LogP contribution is -2.26. The van der Waals surface area contributed by atoms with Crippen LogP contribution in [0.3, 0.4) is 0 Å². The number of hydrogen-bond acceptors (Lipinski definition) is 5. The lowest BCUT2D eigenvalue weighted by atomic mass is 10.2. The molecule has 0 spiro atoms. The van der Waals surface area contributed by atoms with Crippen LogP contribution in [0.15, 0.2) is 17.4 Å². The van der Waals surface area contributed by atoms with E-state index >= 15 is 0 Å². The SMILES string of the molecule is CSc1nccnc1COC[C@H]1CCCN1. The Hall–Kier alpha value is -0.650. The van der Waals surface area contributed by atoms with Gasteiger partial charge in [0.2, 0.25) is 0 Å². The van der Waals surface area contributed by atoms with Crippen molar-refractivity contribution in [2.45, 2.75) is 30.5 Å². The van der Waals surface area contributed by atoms with E-state index < -0.39 is 0 Å². The zero-order valence-electron chi connectivity index (χ0n) is 9.48. The second-order valence-corrected chi connectivity index (χ2v) is 4.62. The second-order valence-electron chi connectivity index (χ2n) is 3.82. The third-order valence-corrected chi connectivity index (χ3v) is 3.38. The lowest BCUT2D eigenvalue weighted by Gasteiger charge is -2.11. The molecule has 0 bridgehead atoms. The van der Waals surface area contributed by atoms with E-state index in [1.807, 2.05) is 6.26 Å². The quantitative estimate of drug-likeness (QED) is 0.788.